The zero-order valence-electron chi connectivity index (χ0n) is 17.6. The van der Waals surface area contributed by atoms with E-state index in [1.54, 1.807) is 29.1 Å². The molecule has 1 aliphatic heterocycles. The summed E-state index contributed by atoms with van der Waals surface area (Å²) in [5, 5.41) is 21.4. The van der Waals surface area contributed by atoms with Gasteiger partial charge in [-0.1, -0.05) is 6.07 Å². The van der Waals surface area contributed by atoms with Crippen LogP contribution >= 0.6 is 0 Å². The number of likely N-dealkylation sites (tertiary alicyclic amines) is 1. The molecule has 3 aromatic rings. The topological polar surface area (TPSA) is 87.8 Å². The number of alkyl halides is 2. The summed E-state index contributed by atoms with van der Waals surface area (Å²) in [5.41, 5.74) is 2.57. The lowest BCUT2D eigenvalue weighted by Gasteiger charge is -2.32. The summed E-state index contributed by atoms with van der Waals surface area (Å²) in [6.45, 7) is -0.378. The van der Waals surface area contributed by atoms with Crippen molar-refractivity contribution in [2.24, 2.45) is 0 Å². The van der Waals surface area contributed by atoms with Gasteiger partial charge in [-0.2, -0.15) is 8.78 Å². The smallest absolute Gasteiger partial charge is 0.387 e. The Morgan fingerprint density at radius 1 is 1.22 bits per heavy atom. The Morgan fingerprint density at radius 3 is 2.88 bits per heavy atom. The van der Waals surface area contributed by atoms with Crippen molar-refractivity contribution in [2.75, 3.05) is 31.6 Å². The maximum absolute atomic E-state index is 13.1. The van der Waals surface area contributed by atoms with E-state index >= 15 is 0 Å². The summed E-state index contributed by atoms with van der Waals surface area (Å²) in [4.78, 5) is 6.45. The Labute approximate surface area is 184 Å². The third-order valence-corrected chi connectivity index (χ3v) is 6.13. The Hall–Kier alpha value is -2.85. The number of benzene rings is 1. The van der Waals surface area contributed by atoms with Gasteiger partial charge in [0.1, 0.15) is 17.8 Å². The average molecular weight is 444 g/mol. The summed E-state index contributed by atoms with van der Waals surface area (Å²) in [6.07, 6.45) is 7.43. The summed E-state index contributed by atoms with van der Waals surface area (Å²) in [7, 11) is 0. The molecule has 0 unspecified atom stereocenters. The van der Waals surface area contributed by atoms with Crippen molar-refractivity contribution in [2.45, 2.75) is 44.3 Å². The second kappa shape index (κ2) is 8.95. The highest BCUT2D eigenvalue weighted by molar-refractivity contribution is 5.81. The SMILES string of the molecule is OCCN1CCC[C@@H](Nc2nnc(-c3ccc(C4CC4)cc3OC(F)F)c3cncn23)C1. The van der Waals surface area contributed by atoms with Crippen LogP contribution in [0.5, 0.6) is 5.75 Å². The Bertz CT molecular complexity index is 1090. The van der Waals surface area contributed by atoms with Crippen molar-refractivity contribution in [3.05, 3.63) is 36.3 Å². The number of hydrogen-bond donors (Lipinski definition) is 2. The lowest BCUT2D eigenvalue weighted by atomic mass is 10.0. The molecule has 1 saturated carbocycles. The van der Waals surface area contributed by atoms with Gasteiger partial charge in [-0.25, -0.2) is 4.98 Å². The molecule has 8 nitrogen and oxygen atoms in total. The van der Waals surface area contributed by atoms with Crippen molar-refractivity contribution in [3.63, 3.8) is 0 Å². The number of β-amino-alcohol motifs (C(OH)–C–C–N with tert-alkyl or cyclic N) is 1. The molecule has 32 heavy (non-hydrogen) atoms. The van der Waals surface area contributed by atoms with Gasteiger partial charge in [0.2, 0.25) is 5.95 Å². The van der Waals surface area contributed by atoms with Crippen molar-refractivity contribution >= 4 is 11.5 Å². The molecule has 1 aliphatic carbocycles. The van der Waals surface area contributed by atoms with Crippen LogP contribution in [-0.4, -0.2) is 68.5 Å². The second-order valence-corrected chi connectivity index (χ2v) is 8.44. The highest BCUT2D eigenvalue weighted by Crippen LogP contribution is 2.43. The number of hydrogen-bond acceptors (Lipinski definition) is 7. The number of nitrogens with zero attached hydrogens (tertiary/aromatic N) is 5. The molecule has 1 aromatic carbocycles. The van der Waals surface area contributed by atoms with Crippen LogP contribution in [0.2, 0.25) is 0 Å². The van der Waals surface area contributed by atoms with Gasteiger partial charge in [-0.15, -0.1) is 10.2 Å². The maximum atomic E-state index is 13.1. The first-order valence-corrected chi connectivity index (χ1v) is 11.0. The number of aliphatic hydroxyl groups excluding tert-OH is 1. The molecule has 0 radical (unpaired) electrons. The van der Waals surface area contributed by atoms with Gasteiger partial charge in [0.15, 0.2) is 0 Å². The fourth-order valence-electron chi connectivity index (χ4n) is 4.43. The van der Waals surface area contributed by atoms with Crippen molar-refractivity contribution in [3.8, 4) is 17.0 Å². The van der Waals surface area contributed by atoms with Gasteiger partial charge in [-0.3, -0.25) is 9.30 Å². The molecule has 3 heterocycles. The van der Waals surface area contributed by atoms with Crippen molar-refractivity contribution in [1.82, 2.24) is 24.5 Å². The van der Waals surface area contributed by atoms with E-state index in [0.717, 1.165) is 44.3 Å². The van der Waals surface area contributed by atoms with Gasteiger partial charge in [-0.05, 0) is 55.8 Å². The van der Waals surface area contributed by atoms with Crippen LogP contribution in [-0.2, 0) is 0 Å². The number of imidazole rings is 1. The molecule has 1 atom stereocenters. The van der Waals surface area contributed by atoms with Crippen LogP contribution in [0.25, 0.3) is 16.8 Å². The Kier molecular flexibility index (Phi) is 5.88. The first kappa shape index (κ1) is 21.0. The zero-order chi connectivity index (χ0) is 22.1. The Balaban J connectivity index is 1.46. The minimum Gasteiger partial charge on any atom is -0.434 e. The maximum Gasteiger partial charge on any atom is 0.387 e. The first-order valence-electron chi connectivity index (χ1n) is 11.0. The van der Waals surface area contributed by atoms with Gasteiger partial charge in [0, 0.05) is 24.7 Å². The molecule has 2 fully saturated rings. The normalized spacial score (nSPS) is 19.6. The number of halogens is 2. The third-order valence-electron chi connectivity index (χ3n) is 6.13. The number of fused-ring (bicyclic) bond motifs is 1. The fraction of sp³-hybridized carbons (Fsp3) is 0.500. The van der Waals surface area contributed by atoms with E-state index in [1.165, 1.54) is 0 Å². The van der Waals surface area contributed by atoms with Crippen molar-refractivity contribution in [1.29, 1.82) is 0 Å². The highest BCUT2D eigenvalue weighted by atomic mass is 19.3. The molecule has 0 spiro atoms. The number of anilines is 1. The number of aromatic nitrogens is 4. The fourth-order valence-corrected chi connectivity index (χ4v) is 4.43. The van der Waals surface area contributed by atoms with Gasteiger partial charge in [0.05, 0.1) is 18.3 Å². The standard InChI is InChI=1S/C22H26F2N6O2/c23-21(24)32-19-10-15(14-3-4-14)5-6-17(19)20-18-11-25-13-30(18)22(28-27-20)26-16-2-1-7-29(12-16)8-9-31/h5-6,10-11,13-14,16,21,31H,1-4,7-9,12H2,(H,26,28)/t16-/m1/s1. The summed E-state index contributed by atoms with van der Waals surface area (Å²) >= 11 is 0. The molecule has 0 bridgehead atoms. The monoisotopic (exact) mass is 444 g/mol. The van der Waals surface area contributed by atoms with E-state index < -0.39 is 6.61 Å². The molecule has 170 valence electrons. The van der Waals surface area contributed by atoms with Crippen LogP contribution in [0, 0.1) is 0 Å². The number of piperidine rings is 1. The van der Waals surface area contributed by atoms with Gasteiger partial charge < -0.3 is 15.2 Å². The molecule has 0 amide bonds. The van der Waals surface area contributed by atoms with Crippen LogP contribution < -0.4 is 10.1 Å². The largest absolute Gasteiger partial charge is 0.434 e. The van der Waals surface area contributed by atoms with Crippen LogP contribution in [0.1, 0.15) is 37.2 Å². The molecule has 1 saturated heterocycles. The predicted octanol–water partition coefficient (Wildman–Crippen LogP) is 3.14. The van der Waals surface area contributed by atoms with Crippen LogP contribution in [0.15, 0.2) is 30.7 Å². The summed E-state index contributed by atoms with van der Waals surface area (Å²) < 4.78 is 32.9. The molecule has 5 rings (SSSR count). The van der Waals surface area contributed by atoms with E-state index in [4.69, 9.17) is 4.74 Å². The lowest BCUT2D eigenvalue weighted by Crippen LogP contribution is -2.43. The number of nitrogens with one attached hydrogen (secondary N) is 1. The third kappa shape index (κ3) is 4.37. The molecule has 2 aliphatic rings. The van der Waals surface area contributed by atoms with Crippen molar-refractivity contribution < 1.29 is 18.6 Å². The summed E-state index contributed by atoms with van der Waals surface area (Å²) in [6, 6.07) is 5.58. The average Bonchev–Trinajstić information content (AvgIpc) is 3.51. The van der Waals surface area contributed by atoms with Gasteiger partial charge >= 0.3 is 6.61 Å². The Morgan fingerprint density at radius 2 is 2.09 bits per heavy atom. The molecule has 10 heteroatoms. The highest BCUT2D eigenvalue weighted by Gasteiger charge is 2.26. The van der Waals surface area contributed by atoms with Gasteiger partial charge in [0.25, 0.3) is 0 Å². The van der Waals surface area contributed by atoms with Crippen LogP contribution in [0.4, 0.5) is 14.7 Å². The molecular formula is C22H26F2N6O2. The minimum absolute atomic E-state index is 0.106. The van der Waals surface area contributed by atoms with E-state index in [0.29, 0.717) is 35.2 Å². The number of aliphatic hydroxyl groups is 1. The molecule has 2 aromatic heterocycles. The van der Waals surface area contributed by atoms with E-state index in [9.17, 15) is 13.9 Å². The quantitative estimate of drug-likeness (QED) is 0.552. The summed E-state index contributed by atoms with van der Waals surface area (Å²) in [5.74, 6) is 1.06. The van der Waals surface area contributed by atoms with E-state index in [2.05, 4.69) is 25.4 Å². The van der Waals surface area contributed by atoms with Crippen LogP contribution in [0.3, 0.4) is 0 Å². The molecule has 2 N–H and O–H groups in total. The second-order valence-electron chi connectivity index (χ2n) is 8.44. The first-order chi connectivity index (χ1) is 15.6. The number of rotatable bonds is 8. The predicted molar refractivity (Wildman–Crippen MR) is 115 cm³/mol. The lowest BCUT2D eigenvalue weighted by molar-refractivity contribution is -0.0495. The zero-order valence-corrected chi connectivity index (χ0v) is 17.6. The molecular weight excluding hydrogens is 418 g/mol. The number of ether oxygens (including phenoxy) is 1. The van der Waals surface area contributed by atoms with E-state index in [-0.39, 0.29) is 18.4 Å². The minimum atomic E-state index is -2.92. The van der Waals surface area contributed by atoms with E-state index in [1.807, 2.05) is 6.07 Å².